The molecule has 1 amide bonds. The van der Waals surface area contributed by atoms with Crippen molar-refractivity contribution in [3.05, 3.63) is 48.0 Å². The fraction of sp³-hybridized carbons (Fsp3) is 0.333. The van der Waals surface area contributed by atoms with Crippen molar-refractivity contribution in [3.8, 4) is 0 Å². The second-order valence-electron chi connectivity index (χ2n) is 4.75. The molecule has 0 radical (unpaired) electrons. The highest BCUT2D eigenvalue weighted by molar-refractivity contribution is 5.99. The summed E-state index contributed by atoms with van der Waals surface area (Å²) < 4.78 is 4.78. The molecule has 0 unspecified atom stereocenters. The lowest BCUT2D eigenvalue weighted by Crippen LogP contribution is -2.55. The zero-order valence-electron chi connectivity index (χ0n) is 11.2. The number of esters is 1. The van der Waals surface area contributed by atoms with E-state index in [0.717, 1.165) is 0 Å². The molecule has 5 heteroatoms. The van der Waals surface area contributed by atoms with Crippen LogP contribution in [-0.4, -0.2) is 35.7 Å². The van der Waals surface area contributed by atoms with Gasteiger partial charge in [-0.25, -0.2) is 4.79 Å². The van der Waals surface area contributed by atoms with Gasteiger partial charge >= 0.3 is 5.97 Å². The molecule has 0 saturated heterocycles. The predicted octanol–water partition coefficient (Wildman–Crippen LogP) is 1.04. The maximum absolute atomic E-state index is 12.2. The van der Waals surface area contributed by atoms with E-state index in [4.69, 9.17) is 4.74 Å². The number of ether oxygens (including phenoxy) is 1. The van der Waals surface area contributed by atoms with Gasteiger partial charge in [0.05, 0.1) is 13.2 Å². The van der Waals surface area contributed by atoms with Crippen LogP contribution in [0, 0.1) is 0 Å². The second-order valence-corrected chi connectivity index (χ2v) is 4.75. The summed E-state index contributed by atoms with van der Waals surface area (Å²) >= 11 is 0. The van der Waals surface area contributed by atoms with E-state index in [1.165, 1.54) is 19.3 Å². The van der Waals surface area contributed by atoms with Crippen molar-refractivity contribution < 1.29 is 19.4 Å². The van der Waals surface area contributed by atoms with E-state index in [0.29, 0.717) is 18.4 Å². The van der Waals surface area contributed by atoms with E-state index in [9.17, 15) is 14.7 Å². The van der Waals surface area contributed by atoms with Crippen molar-refractivity contribution in [1.82, 2.24) is 5.32 Å². The summed E-state index contributed by atoms with van der Waals surface area (Å²) in [5.74, 6) is -0.887. The maximum Gasteiger partial charge on any atom is 0.335 e. The molecule has 0 aromatic heterocycles. The molecule has 106 valence electrons. The van der Waals surface area contributed by atoms with E-state index >= 15 is 0 Å². The average Bonchev–Trinajstić information content (AvgIpc) is 2.49. The SMILES string of the molecule is COC(=O)[C@]1(NC(=O)c2ccccc2)C=C[C@@H](O)CC1. The monoisotopic (exact) mass is 275 g/mol. The molecule has 0 bridgehead atoms. The second kappa shape index (κ2) is 5.88. The number of carbonyl (C=O) groups is 2. The molecular formula is C15H17NO4. The molecule has 1 aromatic rings. The summed E-state index contributed by atoms with van der Waals surface area (Å²) in [5, 5.41) is 12.2. The van der Waals surface area contributed by atoms with Gasteiger partial charge in [-0.1, -0.05) is 24.3 Å². The normalized spacial score (nSPS) is 25.0. The average molecular weight is 275 g/mol. The molecule has 2 atom stereocenters. The first-order chi connectivity index (χ1) is 9.57. The van der Waals surface area contributed by atoms with Gasteiger partial charge < -0.3 is 15.2 Å². The number of hydrogen-bond acceptors (Lipinski definition) is 4. The summed E-state index contributed by atoms with van der Waals surface area (Å²) in [6.45, 7) is 0. The molecule has 1 aromatic carbocycles. The molecule has 0 aliphatic heterocycles. The van der Waals surface area contributed by atoms with Gasteiger partial charge in [0, 0.05) is 5.56 Å². The summed E-state index contributed by atoms with van der Waals surface area (Å²) in [7, 11) is 1.28. The van der Waals surface area contributed by atoms with Gasteiger partial charge in [0.15, 0.2) is 5.54 Å². The van der Waals surface area contributed by atoms with Gasteiger partial charge in [0.25, 0.3) is 5.91 Å². The first-order valence-electron chi connectivity index (χ1n) is 6.41. The maximum atomic E-state index is 12.2. The van der Waals surface area contributed by atoms with Gasteiger partial charge in [-0.2, -0.15) is 0 Å². The number of carbonyl (C=O) groups excluding carboxylic acids is 2. The minimum atomic E-state index is -1.21. The largest absolute Gasteiger partial charge is 0.467 e. The highest BCUT2D eigenvalue weighted by atomic mass is 16.5. The smallest absolute Gasteiger partial charge is 0.335 e. The zero-order chi connectivity index (χ0) is 14.6. The van der Waals surface area contributed by atoms with E-state index < -0.39 is 17.6 Å². The Morgan fingerprint density at radius 3 is 2.60 bits per heavy atom. The summed E-state index contributed by atoms with van der Waals surface area (Å²) in [6.07, 6.45) is 3.11. The van der Waals surface area contributed by atoms with Crippen LogP contribution >= 0.6 is 0 Å². The Morgan fingerprint density at radius 2 is 2.05 bits per heavy atom. The Kier molecular flexibility index (Phi) is 4.20. The van der Waals surface area contributed by atoms with E-state index in [-0.39, 0.29) is 5.91 Å². The van der Waals surface area contributed by atoms with Crippen molar-refractivity contribution in [2.24, 2.45) is 0 Å². The van der Waals surface area contributed by atoms with Crippen LogP contribution in [0.4, 0.5) is 0 Å². The van der Waals surface area contributed by atoms with Crippen molar-refractivity contribution >= 4 is 11.9 Å². The van der Waals surface area contributed by atoms with Crippen LogP contribution in [-0.2, 0) is 9.53 Å². The van der Waals surface area contributed by atoms with Crippen LogP contribution in [0.2, 0.25) is 0 Å². The first kappa shape index (κ1) is 14.3. The quantitative estimate of drug-likeness (QED) is 0.638. The molecule has 20 heavy (non-hydrogen) atoms. The Balaban J connectivity index is 2.23. The van der Waals surface area contributed by atoms with Gasteiger partial charge in [0.1, 0.15) is 0 Å². The van der Waals surface area contributed by atoms with Gasteiger partial charge in [-0.3, -0.25) is 4.79 Å². The van der Waals surface area contributed by atoms with Gasteiger partial charge in [0.2, 0.25) is 0 Å². The lowest BCUT2D eigenvalue weighted by atomic mass is 9.86. The molecular weight excluding hydrogens is 258 g/mol. The number of nitrogens with one attached hydrogen (secondary N) is 1. The van der Waals surface area contributed by atoms with Crippen LogP contribution in [0.5, 0.6) is 0 Å². The van der Waals surface area contributed by atoms with Crippen LogP contribution in [0.1, 0.15) is 23.2 Å². The fourth-order valence-electron chi connectivity index (χ4n) is 2.20. The van der Waals surface area contributed by atoms with Crippen LogP contribution in [0.3, 0.4) is 0 Å². The van der Waals surface area contributed by atoms with Crippen molar-refractivity contribution in [2.45, 2.75) is 24.5 Å². The van der Waals surface area contributed by atoms with E-state index in [1.54, 1.807) is 24.3 Å². The minimum Gasteiger partial charge on any atom is -0.467 e. The lowest BCUT2D eigenvalue weighted by molar-refractivity contribution is -0.146. The molecule has 0 heterocycles. The van der Waals surface area contributed by atoms with Gasteiger partial charge in [-0.05, 0) is 31.1 Å². The molecule has 2 rings (SSSR count). The Hall–Kier alpha value is -2.14. The molecule has 1 aliphatic carbocycles. The zero-order valence-corrected chi connectivity index (χ0v) is 11.2. The van der Waals surface area contributed by atoms with Crippen molar-refractivity contribution in [2.75, 3.05) is 7.11 Å². The number of aliphatic hydroxyl groups excluding tert-OH is 1. The van der Waals surface area contributed by atoms with Crippen LogP contribution < -0.4 is 5.32 Å². The van der Waals surface area contributed by atoms with Crippen molar-refractivity contribution in [1.29, 1.82) is 0 Å². The van der Waals surface area contributed by atoms with Crippen LogP contribution in [0.15, 0.2) is 42.5 Å². The predicted molar refractivity (Wildman–Crippen MR) is 73.0 cm³/mol. The first-order valence-corrected chi connectivity index (χ1v) is 6.41. The van der Waals surface area contributed by atoms with Gasteiger partial charge in [-0.15, -0.1) is 0 Å². The third-order valence-corrected chi connectivity index (χ3v) is 3.36. The Bertz CT molecular complexity index is 526. The lowest BCUT2D eigenvalue weighted by Gasteiger charge is -2.32. The topological polar surface area (TPSA) is 75.6 Å². The third-order valence-electron chi connectivity index (χ3n) is 3.36. The summed E-state index contributed by atoms with van der Waals surface area (Å²) in [4.78, 5) is 24.2. The molecule has 0 fully saturated rings. The number of benzene rings is 1. The molecule has 2 N–H and O–H groups in total. The molecule has 5 nitrogen and oxygen atoms in total. The third kappa shape index (κ3) is 2.88. The standard InChI is InChI=1S/C15H17NO4/c1-20-14(19)15(9-7-12(17)8-10-15)16-13(18)11-5-3-2-4-6-11/h2-7,9,12,17H,8,10H2,1H3,(H,16,18)/t12-,15+/m1/s1. The Labute approximate surface area is 117 Å². The minimum absolute atomic E-state index is 0.302. The highest BCUT2D eigenvalue weighted by Crippen LogP contribution is 2.24. The highest BCUT2D eigenvalue weighted by Gasteiger charge is 2.41. The number of aliphatic hydroxyl groups is 1. The fourth-order valence-corrected chi connectivity index (χ4v) is 2.20. The van der Waals surface area contributed by atoms with Crippen molar-refractivity contribution in [3.63, 3.8) is 0 Å². The molecule has 1 aliphatic rings. The Morgan fingerprint density at radius 1 is 1.35 bits per heavy atom. The van der Waals surface area contributed by atoms with E-state index in [1.807, 2.05) is 6.07 Å². The number of methoxy groups -OCH3 is 1. The summed E-state index contributed by atoms with van der Waals surface area (Å²) in [5.41, 5.74) is -0.740. The number of hydrogen-bond donors (Lipinski definition) is 2. The number of amides is 1. The molecule has 0 spiro atoms. The molecule has 0 saturated carbocycles. The summed E-state index contributed by atoms with van der Waals surface area (Å²) in [6, 6.07) is 8.65. The van der Waals surface area contributed by atoms with E-state index in [2.05, 4.69) is 5.32 Å². The number of rotatable bonds is 3. The van der Waals surface area contributed by atoms with Crippen LogP contribution in [0.25, 0.3) is 0 Å².